The van der Waals surface area contributed by atoms with Gasteiger partial charge >= 0.3 is 0 Å². The molecule has 2 unspecified atom stereocenters. The molecule has 2 atom stereocenters. The van der Waals surface area contributed by atoms with Crippen molar-refractivity contribution in [2.24, 2.45) is 0 Å². The van der Waals surface area contributed by atoms with Gasteiger partial charge in [0.2, 0.25) is 0 Å². The molecule has 4 nitrogen and oxygen atoms in total. The number of halogens is 1. The largest absolute Gasteiger partial charge is 0.493 e. The van der Waals surface area contributed by atoms with Gasteiger partial charge in [0, 0.05) is 0 Å². The van der Waals surface area contributed by atoms with Crippen LogP contribution in [0, 0.1) is 0 Å². The minimum Gasteiger partial charge on any atom is -0.493 e. The molecule has 0 saturated carbocycles. The lowest BCUT2D eigenvalue weighted by atomic mass is 10.0. The maximum atomic E-state index is 9.80. The van der Waals surface area contributed by atoms with Gasteiger partial charge in [0.05, 0.1) is 25.7 Å². The zero-order valence-electron chi connectivity index (χ0n) is 9.89. The van der Waals surface area contributed by atoms with Gasteiger partial charge in [-0.05, 0) is 24.6 Å². The average molecular weight is 261 g/mol. The highest BCUT2D eigenvalue weighted by molar-refractivity contribution is 6.18. The summed E-state index contributed by atoms with van der Waals surface area (Å²) in [6.45, 7) is 2.40. The lowest BCUT2D eigenvalue weighted by Crippen LogP contribution is -2.19. The molecule has 96 valence electrons. The van der Waals surface area contributed by atoms with Crippen LogP contribution in [-0.2, 0) is 0 Å². The Labute approximate surface area is 106 Å². The molecule has 1 aromatic carbocycles. The second-order valence-corrected chi connectivity index (χ2v) is 3.82. The molecule has 0 saturated heterocycles. The first-order chi connectivity index (χ1) is 8.13. The summed E-state index contributed by atoms with van der Waals surface area (Å²) in [4.78, 5) is 0. The predicted molar refractivity (Wildman–Crippen MR) is 65.8 cm³/mol. The van der Waals surface area contributed by atoms with E-state index >= 15 is 0 Å². The van der Waals surface area contributed by atoms with Crippen molar-refractivity contribution in [1.82, 2.24) is 0 Å². The Morgan fingerprint density at radius 3 is 2.53 bits per heavy atom. The van der Waals surface area contributed by atoms with E-state index in [1.54, 1.807) is 18.2 Å². The van der Waals surface area contributed by atoms with Crippen molar-refractivity contribution in [3.63, 3.8) is 0 Å². The van der Waals surface area contributed by atoms with Gasteiger partial charge in [-0.3, -0.25) is 0 Å². The molecule has 0 heterocycles. The summed E-state index contributed by atoms with van der Waals surface area (Å²) in [5.41, 5.74) is 0.540. The summed E-state index contributed by atoms with van der Waals surface area (Å²) in [5, 5.41) is 19.3. The highest BCUT2D eigenvalue weighted by atomic mass is 35.5. The molecule has 1 rings (SSSR count). The highest BCUT2D eigenvalue weighted by Crippen LogP contribution is 2.31. The fourth-order valence-electron chi connectivity index (χ4n) is 1.45. The van der Waals surface area contributed by atoms with Crippen LogP contribution in [0.25, 0.3) is 0 Å². The van der Waals surface area contributed by atoms with Gasteiger partial charge in [-0.1, -0.05) is 6.07 Å². The Kier molecular flexibility index (Phi) is 5.55. The normalized spacial score (nSPS) is 14.2. The molecule has 0 radical (unpaired) electrons. The van der Waals surface area contributed by atoms with E-state index in [0.717, 1.165) is 0 Å². The number of ether oxygens (including phenoxy) is 2. The van der Waals surface area contributed by atoms with Crippen molar-refractivity contribution >= 4 is 11.6 Å². The summed E-state index contributed by atoms with van der Waals surface area (Å²) >= 11 is 5.49. The maximum absolute atomic E-state index is 9.80. The van der Waals surface area contributed by atoms with Crippen molar-refractivity contribution in [2.45, 2.75) is 19.1 Å². The Hall–Kier alpha value is -0.970. The summed E-state index contributed by atoms with van der Waals surface area (Å²) in [5.74, 6) is 1.09. The summed E-state index contributed by atoms with van der Waals surface area (Å²) < 4.78 is 10.5. The number of rotatable bonds is 6. The highest BCUT2D eigenvalue weighted by Gasteiger charge is 2.19. The Bertz CT molecular complexity index is 356. The second kappa shape index (κ2) is 6.69. The van der Waals surface area contributed by atoms with Gasteiger partial charge in [0.15, 0.2) is 11.5 Å². The Morgan fingerprint density at radius 2 is 2.00 bits per heavy atom. The first-order valence-electron chi connectivity index (χ1n) is 5.36. The minimum atomic E-state index is -1.03. The third-order valence-electron chi connectivity index (χ3n) is 2.35. The summed E-state index contributed by atoms with van der Waals surface area (Å²) in [6.07, 6.45) is -2.03. The third kappa shape index (κ3) is 3.49. The molecule has 0 aromatic heterocycles. The molecule has 17 heavy (non-hydrogen) atoms. The van der Waals surface area contributed by atoms with Crippen LogP contribution in [0.1, 0.15) is 18.6 Å². The number of aliphatic hydroxyl groups is 2. The first kappa shape index (κ1) is 14.1. The standard InChI is InChI=1S/C12H17ClO4/c1-3-17-10-5-4-8(6-11(10)16-2)12(15)9(14)7-13/h4-6,9,12,14-15H,3,7H2,1-2H3. The topological polar surface area (TPSA) is 58.9 Å². The molecule has 5 heteroatoms. The van der Waals surface area contributed by atoms with E-state index in [9.17, 15) is 10.2 Å². The van der Waals surface area contributed by atoms with E-state index in [4.69, 9.17) is 21.1 Å². The van der Waals surface area contributed by atoms with Crippen molar-refractivity contribution in [3.05, 3.63) is 23.8 Å². The quantitative estimate of drug-likeness (QED) is 0.765. The Morgan fingerprint density at radius 1 is 1.29 bits per heavy atom. The molecule has 0 aliphatic heterocycles. The molecule has 0 amide bonds. The zero-order chi connectivity index (χ0) is 12.8. The van der Waals surface area contributed by atoms with Crippen LogP contribution < -0.4 is 9.47 Å². The van der Waals surface area contributed by atoms with Crippen LogP contribution >= 0.6 is 11.6 Å². The zero-order valence-corrected chi connectivity index (χ0v) is 10.6. The second-order valence-electron chi connectivity index (χ2n) is 3.51. The number of benzene rings is 1. The predicted octanol–water partition coefficient (Wildman–Crippen LogP) is 1.73. The van der Waals surface area contributed by atoms with Crippen LogP contribution in [0.2, 0.25) is 0 Å². The van der Waals surface area contributed by atoms with Gasteiger partial charge in [-0.15, -0.1) is 11.6 Å². The molecular formula is C12H17ClO4. The monoisotopic (exact) mass is 260 g/mol. The van der Waals surface area contributed by atoms with E-state index in [1.165, 1.54) is 7.11 Å². The number of alkyl halides is 1. The fraction of sp³-hybridized carbons (Fsp3) is 0.500. The van der Waals surface area contributed by atoms with Gasteiger partial charge in [0.25, 0.3) is 0 Å². The smallest absolute Gasteiger partial charge is 0.161 e. The maximum Gasteiger partial charge on any atom is 0.161 e. The molecule has 2 N–H and O–H groups in total. The molecule has 0 fully saturated rings. The van der Waals surface area contributed by atoms with Crippen molar-refractivity contribution < 1.29 is 19.7 Å². The molecule has 1 aromatic rings. The molecule has 0 bridgehead atoms. The molecule has 0 aliphatic carbocycles. The van der Waals surface area contributed by atoms with E-state index in [2.05, 4.69) is 0 Å². The van der Waals surface area contributed by atoms with Crippen LogP contribution in [0.5, 0.6) is 11.5 Å². The number of aliphatic hydroxyl groups excluding tert-OH is 2. The van der Waals surface area contributed by atoms with Crippen molar-refractivity contribution in [2.75, 3.05) is 19.6 Å². The lowest BCUT2D eigenvalue weighted by molar-refractivity contribution is 0.0325. The Balaban J connectivity index is 2.96. The number of methoxy groups -OCH3 is 1. The van der Waals surface area contributed by atoms with Gasteiger partial charge in [-0.2, -0.15) is 0 Å². The molecular weight excluding hydrogens is 244 g/mol. The lowest BCUT2D eigenvalue weighted by Gasteiger charge is -2.17. The van der Waals surface area contributed by atoms with E-state index in [1.807, 2.05) is 6.92 Å². The number of hydrogen-bond acceptors (Lipinski definition) is 4. The summed E-state index contributed by atoms with van der Waals surface area (Å²) in [7, 11) is 1.52. The number of hydrogen-bond donors (Lipinski definition) is 2. The summed E-state index contributed by atoms with van der Waals surface area (Å²) in [6, 6.07) is 5.00. The van der Waals surface area contributed by atoms with Crippen LogP contribution in [0.4, 0.5) is 0 Å². The molecule has 0 aliphatic rings. The van der Waals surface area contributed by atoms with Crippen LogP contribution in [0.15, 0.2) is 18.2 Å². The first-order valence-corrected chi connectivity index (χ1v) is 5.90. The minimum absolute atomic E-state index is 0.0311. The van der Waals surface area contributed by atoms with E-state index in [0.29, 0.717) is 23.7 Å². The fourth-order valence-corrected chi connectivity index (χ4v) is 1.62. The molecule has 0 spiro atoms. The van der Waals surface area contributed by atoms with Gasteiger partial charge in [-0.25, -0.2) is 0 Å². The van der Waals surface area contributed by atoms with Gasteiger partial charge < -0.3 is 19.7 Å². The van der Waals surface area contributed by atoms with Crippen LogP contribution in [0.3, 0.4) is 0 Å². The average Bonchev–Trinajstić information content (AvgIpc) is 2.37. The van der Waals surface area contributed by atoms with Crippen LogP contribution in [-0.4, -0.2) is 35.9 Å². The van der Waals surface area contributed by atoms with Crippen molar-refractivity contribution in [3.8, 4) is 11.5 Å². The van der Waals surface area contributed by atoms with E-state index < -0.39 is 12.2 Å². The third-order valence-corrected chi connectivity index (χ3v) is 2.67. The van der Waals surface area contributed by atoms with E-state index in [-0.39, 0.29) is 5.88 Å². The SMILES string of the molecule is CCOc1ccc(C(O)C(O)CCl)cc1OC. The van der Waals surface area contributed by atoms with Gasteiger partial charge in [0.1, 0.15) is 6.10 Å². The van der Waals surface area contributed by atoms with Crippen molar-refractivity contribution in [1.29, 1.82) is 0 Å².